The Labute approximate surface area is 171 Å². The number of piperidine rings is 1. The van der Waals surface area contributed by atoms with E-state index in [9.17, 15) is 4.79 Å². The number of primary amides is 1. The number of urea groups is 1. The number of carbonyl (C=O) groups is 1. The van der Waals surface area contributed by atoms with Gasteiger partial charge in [0.15, 0.2) is 0 Å². The molecule has 3 rings (SSSR count). The number of nitrogens with two attached hydrogens (primary N) is 3. The molecular weight excluding hydrogens is 366 g/mol. The summed E-state index contributed by atoms with van der Waals surface area (Å²) in [5.74, 6) is 6.42. The number of amides is 2. The molecular formula is C21H27N7O. The predicted molar refractivity (Wildman–Crippen MR) is 115 cm³/mol. The lowest BCUT2D eigenvalue weighted by atomic mass is 10.0. The molecule has 1 aliphatic rings. The van der Waals surface area contributed by atoms with Gasteiger partial charge < -0.3 is 22.1 Å². The molecule has 8 heteroatoms. The molecule has 2 aromatic rings. The lowest BCUT2D eigenvalue weighted by Crippen LogP contribution is -2.49. The summed E-state index contributed by atoms with van der Waals surface area (Å²) in [6.45, 7) is 5.20. The summed E-state index contributed by atoms with van der Waals surface area (Å²) in [6.07, 6.45) is 4.22. The van der Waals surface area contributed by atoms with Crippen LogP contribution in [0.3, 0.4) is 0 Å². The topological polar surface area (TPSA) is 127 Å². The van der Waals surface area contributed by atoms with E-state index in [1.807, 2.05) is 24.3 Å². The zero-order chi connectivity index (χ0) is 20.8. The van der Waals surface area contributed by atoms with E-state index in [1.165, 1.54) is 6.33 Å². The first kappa shape index (κ1) is 20.4. The van der Waals surface area contributed by atoms with E-state index in [0.717, 1.165) is 50.1 Å². The molecule has 2 amide bonds. The van der Waals surface area contributed by atoms with Crippen LogP contribution in [0.4, 0.5) is 22.1 Å². The fourth-order valence-electron chi connectivity index (χ4n) is 3.65. The van der Waals surface area contributed by atoms with Crippen molar-refractivity contribution in [3.63, 3.8) is 0 Å². The summed E-state index contributed by atoms with van der Waals surface area (Å²) in [7, 11) is 0. The van der Waals surface area contributed by atoms with E-state index >= 15 is 0 Å². The van der Waals surface area contributed by atoms with Crippen LogP contribution >= 0.6 is 0 Å². The van der Waals surface area contributed by atoms with Gasteiger partial charge in [0.05, 0.1) is 0 Å². The van der Waals surface area contributed by atoms with E-state index in [1.54, 1.807) is 4.90 Å². The van der Waals surface area contributed by atoms with Gasteiger partial charge in [-0.15, -0.1) is 0 Å². The van der Waals surface area contributed by atoms with Crippen molar-refractivity contribution in [1.82, 2.24) is 14.9 Å². The Bertz CT molecular complexity index is 906. The van der Waals surface area contributed by atoms with E-state index in [2.05, 4.69) is 33.6 Å². The molecule has 0 aliphatic carbocycles. The summed E-state index contributed by atoms with van der Waals surface area (Å²) in [6, 6.07) is 7.08. The molecule has 0 bridgehead atoms. The quantitative estimate of drug-likeness (QED) is 0.680. The summed E-state index contributed by atoms with van der Waals surface area (Å²) in [5.41, 5.74) is 19.2. The van der Waals surface area contributed by atoms with E-state index in [0.29, 0.717) is 5.56 Å². The maximum Gasteiger partial charge on any atom is 0.319 e. The van der Waals surface area contributed by atoms with Crippen molar-refractivity contribution >= 4 is 23.4 Å². The van der Waals surface area contributed by atoms with Gasteiger partial charge in [0.25, 0.3) is 0 Å². The van der Waals surface area contributed by atoms with E-state index in [4.69, 9.17) is 17.2 Å². The number of nitrogen functional groups attached to an aromatic ring is 2. The van der Waals surface area contributed by atoms with Crippen molar-refractivity contribution in [3.8, 4) is 11.8 Å². The SMILES string of the molecule is CCCN1CCC(N(C(N)=O)c2cccc(C#Cc3c(N)ncnc3N)c2)CC1. The fourth-order valence-corrected chi connectivity index (χ4v) is 3.65. The third-order valence-electron chi connectivity index (χ3n) is 5.06. The monoisotopic (exact) mass is 393 g/mol. The minimum atomic E-state index is -0.450. The summed E-state index contributed by atoms with van der Waals surface area (Å²) in [5, 5.41) is 0. The first-order valence-corrected chi connectivity index (χ1v) is 9.78. The molecule has 0 unspecified atom stereocenters. The number of likely N-dealkylation sites (tertiary alicyclic amines) is 1. The molecule has 1 aromatic heterocycles. The zero-order valence-corrected chi connectivity index (χ0v) is 16.6. The van der Waals surface area contributed by atoms with Crippen molar-refractivity contribution in [2.75, 3.05) is 36.0 Å². The number of carbonyl (C=O) groups excluding carboxylic acids is 1. The number of hydrogen-bond acceptors (Lipinski definition) is 6. The van der Waals surface area contributed by atoms with Crippen LogP contribution < -0.4 is 22.1 Å². The van der Waals surface area contributed by atoms with Gasteiger partial charge in [-0.25, -0.2) is 14.8 Å². The van der Waals surface area contributed by atoms with Gasteiger partial charge >= 0.3 is 6.03 Å². The maximum absolute atomic E-state index is 12.2. The van der Waals surface area contributed by atoms with Gasteiger partial charge in [0.1, 0.15) is 23.5 Å². The molecule has 1 aromatic carbocycles. The van der Waals surface area contributed by atoms with Crippen LogP contribution in [0.2, 0.25) is 0 Å². The lowest BCUT2D eigenvalue weighted by molar-refractivity contribution is 0.206. The molecule has 0 radical (unpaired) electrons. The minimum absolute atomic E-state index is 0.0811. The van der Waals surface area contributed by atoms with Crippen LogP contribution in [0.15, 0.2) is 30.6 Å². The number of nitrogens with zero attached hydrogens (tertiary/aromatic N) is 4. The van der Waals surface area contributed by atoms with Gasteiger partial charge in [-0.1, -0.05) is 24.8 Å². The molecule has 1 fully saturated rings. The maximum atomic E-state index is 12.2. The molecule has 0 saturated carbocycles. The van der Waals surface area contributed by atoms with E-state index in [-0.39, 0.29) is 17.7 Å². The number of anilines is 3. The Morgan fingerprint density at radius 1 is 1.21 bits per heavy atom. The molecule has 152 valence electrons. The second-order valence-corrected chi connectivity index (χ2v) is 7.10. The van der Waals surface area contributed by atoms with Gasteiger partial charge in [0.2, 0.25) is 0 Å². The first-order valence-electron chi connectivity index (χ1n) is 9.78. The smallest absolute Gasteiger partial charge is 0.319 e. The van der Waals surface area contributed by atoms with Crippen LogP contribution in [0, 0.1) is 11.8 Å². The fraction of sp³-hybridized carbons (Fsp3) is 0.381. The van der Waals surface area contributed by atoms with Gasteiger partial charge in [0, 0.05) is 30.4 Å². The second kappa shape index (κ2) is 9.26. The highest BCUT2D eigenvalue weighted by atomic mass is 16.2. The molecule has 29 heavy (non-hydrogen) atoms. The second-order valence-electron chi connectivity index (χ2n) is 7.10. The van der Waals surface area contributed by atoms with Crippen LogP contribution in [-0.2, 0) is 0 Å². The number of benzene rings is 1. The normalized spacial score (nSPS) is 14.8. The average Bonchev–Trinajstić information content (AvgIpc) is 2.69. The number of rotatable bonds is 4. The average molecular weight is 393 g/mol. The molecule has 2 heterocycles. The van der Waals surface area contributed by atoms with Gasteiger partial charge in [-0.3, -0.25) is 4.90 Å². The van der Waals surface area contributed by atoms with Crippen molar-refractivity contribution in [1.29, 1.82) is 0 Å². The predicted octanol–water partition coefficient (Wildman–Crippen LogP) is 1.80. The molecule has 1 saturated heterocycles. The first-order chi connectivity index (χ1) is 14.0. The van der Waals surface area contributed by atoms with Crippen molar-refractivity contribution in [2.45, 2.75) is 32.2 Å². The Hall–Kier alpha value is -3.31. The lowest BCUT2D eigenvalue weighted by Gasteiger charge is -2.37. The standard InChI is InChI=1S/C21H27N7O/c1-2-10-27-11-8-16(9-12-27)28(21(24)29)17-5-3-4-15(13-17)6-7-18-19(22)25-14-26-20(18)23/h3-5,13-14,16H,2,8-12H2,1H3,(H2,24,29)(H4,22,23,25,26). The summed E-state index contributed by atoms with van der Waals surface area (Å²) in [4.78, 5) is 24.2. The number of aromatic nitrogens is 2. The van der Waals surface area contributed by atoms with Crippen LogP contribution in [0.1, 0.15) is 37.3 Å². The summed E-state index contributed by atoms with van der Waals surface area (Å²) < 4.78 is 0. The van der Waals surface area contributed by atoms with Crippen molar-refractivity contribution < 1.29 is 4.79 Å². The van der Waals surface area contributed by atoms with Crippen LogP contribution in [0.25, 0.3) is 0 Å². The highest BCUT2D eigenvalue weighted by Gasteiger charge is 2.27. The molecule has 6 N–H and O–H groups in total. The van der Waals surface area contributed by atoms with Gasteiger partial charge in [-0.05, 0) is 44.0 Å². The Kier molecular flexibility index (Phi) is 6.52. The Morgan fingerprint density at radius 3 is 2.52 bits per heavy atom. The van der Waals surface area contributed by atoms with Gasteiger partial charge in [-0.2, -0.15) is 0 Å². The molecule has 0 atom stereocenters. The van der Waals surface area contributed by atoms with Crippen LogP contribution in [0.5, 0.6) is 0 Å². The van der Waals surface area contributed by atoms with E-state index < -0.39 is 6.03 Å². The summed E-state index contributed by atoms with van der Waals surface area (Å²) >= 11 is 0. The third-order valence-corrected chi connectivity index (χ3v) is 5.06. The largest absolute Gasteiger partial charge is 0.382 e. The van der Waals surface area contributed by atoms with Crippen molar-refractivity contribution in [2.24, 2.45) is 5.73 Å². The minimum Gasteiger partial charge on any atom is -0.382 e. The highest BCUT2D eigenvalue weighted by molar-refractivity contribution is 5.91. The zero-order valence-electron chi connectivity index (χ0n) is 16.6. The Morgan fingerprint density at radius 2 is 1.90 bits per heavy atom. The molecule has 0 spiro atoms. The molecule has 1 aliphatic heterocycles. The highest BCUT2D eigenvalue weighted by Crippen LogP contribution is 2.24. The van der Waals surface area contributed by atoms with Crippen LogP contribution in [-0.4, -0.2) is 46.6 Å². The Balaban J connectivity index is 1.82. The third kappa shape index (κ3) is 4.95. The number of hydrogen-bond donors (Lipinski definition) is 3. The molecule has 8 nitrogen and oxygen atoms in total. The van der Waals surface area contributed by atoms with Crippen molar-refractivity contribution in [3.05, 3.63) is 41.7 Å².